The highest BCUT2D eigenvalue weighted by Gasteiger charge is 2.18. The second-order valence-electron chi connectivity index (χ2n) is 5.00. The molecule has 0 amide bonds. The standard InChI is InChI=1S/C13H23N5/c1-10-12(4-5-14)11(2)16-13(15-10)18-8-6-17(3)7-9-18/h4-9,14H2,1-3H3. The Balaban J connectivity index is 2.19. The highest BCUT2D eigenvalue weighted by Crippen LogP contribution is 2.17. The van der Waals surface area contributed by atoms with Crippen LogP contribution in [0.25, 0.3) is 0 Å². The van der Waals surface area contributed by atoms with Gasteiger partial charge in [0.1, 0.15) is 0 Å². The minimum Gasteiger partial charge on any atom is -0.338 e. The normalized spacial score (nSPS) is 17.2. The van der Waals surface area contributed by atoms with Crippen LogP contribution in [0.3, 0.4) is 0 Å². The molecule has 5 heteroatoms. The summed E-state index contributed by atoms with van der Waals surface area (Å²) in [5.74, 6) is 0.874. The predicted octanol–water partition coefficient (Wildman–Crippen LogP) is 0.346. The van der Waals surface area contributed by atoms with E-state index in [2.05, 4.69) is 40.7 Å². The summed E-state index contributed by atoms with van der Waals surface area (Å²) in [5.41, 5.74) is 8.97. The summed E-state index contributed by atoms with van der Waals surface area (Å²) in [6.07, 6.45) is 0.862. The predicted molar refractivity (Wildman–Crippen MR) is 74.0 cm³/mol. The Morgan fingerprint density at radius 3 is 2.11 bits per heavy atom. The van der Waals surface area contributed by atoms with Gasteiger partial charge in [0.25, 0.3) is 0 Å². The van der Waals surface area contributed by atoms with E-state index < -0.39 is 0 Å². The Morgan fingerprint density at radius 1 is 1.06 bits per heavy atom. The van der Waals surface area contributed by atoms with Gasteiger partial charge in [0.15, 0.2) is 0 Å². The Labute approximate surface area is 109 Å². The molecule has 0 saturated carbocycles. The lowest BCUT2D eigenvalue weighted by Crippen LogP contribution is -2.45. The molecule has 2 rings (SSSR count). The molecule has 1 fully saturated rings. The zero-order valence-corrected chi connectivity index (χ0v) is 11.6. The molecule has 0 atom stereocenters. The lowest BCUT2D eigenvalue weighted by Gasteiger charge is -2.32. The van der Waals surface area contributed by atoms with Crippen molar-refractivity contribution >= 4 is 5.95 Å². The lowest BCUT2D eigenvalue weighted by molar-refractivity contribution is 0.311. The van der Waals surface area contributed by atoms with Crippen LogP contribution in [0.15, 0.2) is 0 Å². The number of hydrogen-bond acceptors (Lipinski definition) is 5. The maximum absolute atomic E-state index is 5.62. The summed E-state index contributed by atoms with van der Waals surface area (Å²) in [7, 11) is 2.15. The highest BCUT2D eigenvalue weighted by molar-refractivity contribution is 5.37. The van der Waals surface area contributed by atoms with E-state index in [-0.39, 0.29) is 0 Å². The molecule has 5 nitrogen and oxygen atoms in total. The van der Waals surface area contributed by atoms with E-state index in [0.29, 0.717) is 6.54 Å². The van der Waals surface area contributed by atoms with Gasteiger partial charge in [-0.3, -0.25) is 0 Å². The van der Waals surface area contributed by atoms with E-state index >= 15 is 0 Å². The van der Waals surface area contributed by atoms with Crippen molar-refractivity contribution in [1.29, 1.82) is 0 Å². The van der Waals surface area contributed by atoms with Crippen LogP contribution in [0.4, 0.5) is 5.95 Å². The average Bonchev–Trinajstić information content (AvgIpc) is 2.34. The summed E-state index contributed by atoms with van der Waals surface area (Å²) in [5, 5.41) is 0. The number of likely N-dealkylation sites (N-methyl/N-ethyl adjacent to an activating group) is 1. The monoisotopic (exact) mass is 249 g/mol. The number of nitrogens with two attached hydrogens (primary N) is 1. The van der Waals surface area contributed by atoms with Crippen molar-refractivity contribution in [3.05, 3.63) is 17.0 Å². The van der Waals surface area contributed by atoms with Crippen molar-refractivity contribution in [3.8, 4) is 0 Å². The number of aryl methyl sites for hydroxylation is 2. The van der Waals surface area contributed by atoms with Crippen molar-refractivity contribution in [1.82, 2.24) is 14.9 Å². The Kier molecular flexibility index (Phi) is 4.14. The van der Waals surface area contributed by atoms with Gasteiger partial charge in [-0.1, -0.05) is 0 Å². The van der Waals surface area contributed by atoms with Crippen LogP contribution in [-0.2, 0) is 6.42 Å². The van der Waals surface area contributed by atoms with Crippen molar-refractivity contribution in [2.24, 2.45) is 5.73 Å². The molecule has 18 heavy (non-hydrogen) atoms. The Morgan fingerprint density at radius 2 is 1.61 bits per heavy atom. The number of nitrogens with zero attached hydrogens (tertiary/aromatic N) is 4. The molecule has 0 aliphatic carbocycles. The van der Waals surface area contributed by atoms with E-state index in [1.54, 1.807) is 0 Å². The largest absolute Gasteiger partial charge is 0.338 e. The summed E-state index contributed by atoms with van der Waals surface area (Å²) in [4.78, 5) is 13.9. The first-order valence-electron chi connectivity index (χ1n) is 6.59. The molecule has 0 radical (unpaired) electrons. The average molecular weight is 249 g/mol. The van der Waals surface area contributed by atoms with E-state index in [0.717, 1.165) is 49.9 Å². The molecule has 1 aromatic rings. The second-order valence-corrected chi connectivity index (χ2v) is 5.00. The molecule has 2 N–H and O–H groups in total. The molecule has 2 heterocycles. The number of anilines is 1. The van der Waals surface area contributed by atoms with Crippen molar-refractivity contribution in [3.63, 3.8) is 0 Å². The van der Waals surface area contributed by atoms with Gasteiger partial charge >= 0.3 is 0 Å². The quantitative estimate of drug-likeness (QED) is 0.837. The fourth-order valence-electron chi connectivity index (χ4n) is 2.38. The van der Waals surface area contributed by atoms with Crippen molar-refractivity contribution in [2.75, 3.05) is 44.7 Å². The van der Waals surface area contributed by atoms with Crippen LogP contribution in [0.2, 0.25) is 0 Å². The topological polar surface area (TPSA) is 58.3 Å². The summed E-state index contributed by atoms with van der Waals surface area (Å²) in [6.45, 7) is 8.92. The minimum absolute atomic E-state index is 0.652. The van der Waals surface area contributed by atoms with Gasteiger partial charge in [-0.15, -0.1) is 0 Å². The van der Waals surface area contributed by atoms with Crippen LogP contribution in [0, 0.1) is 13.8 Å². The molecule has 1 aromatic heterocycles. The third-order valence-corrected chi connectivity index (χ3v) is 3.59. The number of hydrogen-bond donors (Lipinski definition) is 1. The smallest absolute Gasteiger partial charge is 0.225 e. The number of aromatic nitrogens is 2. The molecule has 100 valence electrons. The molecular weight excluding hydrogens is 226 g/mol. The first-order chi connectivity index (χ1) is 8.61. The summed E-state index contributed by atoms with van der Waals surface area (Å²) >= 11 is 0. The number of piperazine rings is 1. The van der Waals surface area contributed by atoms with Gasteiger partial charge in [-0.05, 0) is 39.4 Å². The van der Waals surface area contributed by atoms with Gasteiger partial charge in [0, 0.05) is 37.6 Å². The molecule has 1 saturated heterocycles. The van der Waals surface area contributed by atoms with Gasteiger partial charge in [0.05, 0.1) is 0 Å². The van der Waals surface area contributed by atoms with Gasteiger partial charge in [0.2, 0.25) is 5.95 Å². The lowest BCUT2D eigenvalue weighted by atomic mass is 10.1. The molecule has 0 aromatic carbocycles. The van der Waals surface area contributed by atoms with E-state index in [4.69, 9.17) is 5.73 Å². The Bertz CT molecular complexity index is 387. The van der Waals surface area contributed by atoms with Crippen molar-refractivity contribution < 1.29 is 0 Å². The summed E-state index contributed by atoms with van der Waals surface area (Å²) < 4.78 is 0. The van der Waals surface area contributed by atoms with Crippen LogP contribution in [-0.4, -0.2) is 54.6 Å². The fraction of sp³-hybridized carbons (Fsp3) is 0.692. The van der Waals surface area contributed by atoms with E-state index in [9.17, 15) is 0 Å². The van der Waals surface area contributed by atoms with Crippen molar-refractivity contribution in [2.45, 2.75) is 20.3 Å². The van der Waals surface area contributed by atoms with Gasteiger partial charge in [-0.2, -0.15) is 0 Å². The summed E-state index contributed by atoms with van der Waals surface area (Å²) in [6, 6.07) is 0. The minimum atomic E-state index is 0.652. The first-order valence-corrected chi connectivity index (χ1v) is 6.59. The third-order valence-electron chi connectivity index (χ3n) is 3.59. The zero-order valence-electron chi connectivity index (χ0n) is 11.6. The third kappa shape index (κ3) is 2.79. The zero-order chi connectivity index (χ0) is 13.1. The highest BCUT2D eigenvalue weighted by atomic mass is 15.3. The van der Waals surface area contributed by atoms with Gasteiger partial charge in [-0.25, -0.2) is 9.97 Å². The number of rotatable bonds is 3. The molecule has 1 aliphatic rings. The van der Waals surface area contributed by atoms with Crippen LogP contribution < -0.4 is 10.6 Å². The maximum Gasteiger partial charge on any atom is 0.225 e. The Hall–Kier alpha value is -1.20. The maximum atomic E-state index is 5.62. The van der Waals surface area contributed by atoms with E-state index in [1.165, 1.54) is 5.56 Å². The van der Waals surface area contributed by atoms with Crippen LogP contribution >= 0.6 is 0 Å². The molecule has 0 spiro atoms. The fourth-order valence-corrected chi connectivity index (χ4v) is 2.38. The van der Waals surface area contributed by atoms with E-state index in [1.807, 2.05) is 0 Å². The second kappa shape index (κ2) is 5.63. The van der Waals surface area contributed by atoms with Gasteiger partial charge < -0.3 is 15.5 Å². The molecule has 0 unspecified atom stereocenters. The SMILES string of the molecule is Cc1nc(N2CCN(C)CC2)nc(C)c1CCN. The van der Waals surface area contributed by atoms with Crippen LogP contribution in [0.5, 0.6) is 0 Å². The molecule has 1 aliphatic heterocycles. The first kappa shape index (κ1) is 13.2. The molecule has 0 bridgehead atoms. The van der Waals surface area contributed by atoms with Crippen LogP contribution in [0.1, 0.15) is 17.0 Å². The molecular formula is C13H23N5.